The van der Waals surface area contributed by atoms with E-state index < -0.39 is 5.54 Å². The molecule has 3 aromatic carbocycles. The predicted octanol–water partition coefficient (Wildman–Crippen LogP) is 6.57. The summed E-state index contributed by atoms with van der Waals surface area (Å²) in [7, 11) is 1.64. The van der Waals surface area contributed by atoms with E-state index in [1.807, 2.05) is 96.9 Å². The summed E-state index contributed by atoms with van der Waals surface area (Å²) in [5.41, 5.74) is 10.7. The van der Waals surface area contributed by atoms with Crippen LogP contribution in [-0.2, 0) is 12.0 Å². The van der Waals surface area contributed by atoms with Crippen LogP contribution in [0.2, 0.25) is 0 Å². The standard InChI is InChI=1S/C33H33N5O3S/c1-21-20-42-30(35-21)27-13-9-15-38(27)31(39)25-17-23(26-12-7-8-14-28(26)40-3)16-24(18-25)29-36-37-32(41-29)33(2,34)19-22-10-5-4-6-11-22/h4-8,10-12,14,16-18,20,27H,9,13,15,19,34H2,1-3H3. The number of rotatable bonds is 8. The van der Waals surface area contributed by atoms with Gasteiger partial charge in [-0.1, -0.05) is 48.5 Å². The van der Waals surface area contributed by atoms with Gasteiger partial charge in [0.2, 0.25) is 11.8 Å². The number of ether oxygens (including phenoxy) is 1. The maximum absolute atomic E-state index is 14.1. The van der Waals surface area contributed by atoms with Gasteiger partial charge in [-0.05, 0) is 68.5 Å². The Hall–Kier alpha value is -4.34. The Morgan fingerprint density at radius 1 is 1.10 bits per heavy atom. The molecule has 1 fully saturated rings. The van der Waals surface area contributed by atoms with Gasteiger partial charge < -0.3 is 19.8 Å². The van der Waals surface area contributed by atoms with Gasteiger partial charge in [-0.2, -0.15) is 0 Å². The molecule has 8 nitrogen and oxygen atoms in total. The first kappa shape index (κ1) is 27.8. The van der Waals surface area contributed by atoms with Gasteiger partial charge in [0.05, 0.1) is 18.7 Å². The lowest BCUT2D eigenvalue weighted by atomic mass is 9.94. The van der Waals surface area contributed by atoms with Crippen molar-refractivity contribution in [1.29, 1.82) is 0 Å². The van der Waals surface area contributed by atoms with Crippen LogP contribution < -0.4 is 10.5 Å². The average Bonchev–Trinajstić information content (AvgIpc) is 3.78. The largest absolute Gasteiger partial charge is 0.496 e. The summed E-state index contributed by atoms with van der Waals surface area (Å²) < 4.78 is 11.9. The Morgan fingerprint density at radius 3 is 2.62 bits per heavy atom. The smallest absolute Gasteiger partial charge is 0.254 e. The first-order valence-electron chi connectivity index (χ1n) is 14.0. The minimum Gasteiger partial charge on any atom is -0.496 e. The number of aryl methyl sites for hydroxylation is 1. The van der Waals surface area contributed by atoms with Gasteiger partial charge in [0, 0.05) is 34.3 Å². The van der Waals surface area contributed by atoms with E-state index in [1.165, 1.54) is 0 Å². The number of aromatic nitrogens is 3. The van der Waals surface area contributed by atoms with Gasteiger partial charge in [0.1, 0.15) is 10.8 Å². The number of nitrogens with two attached hydrogens (primary N) is 1. The van der Waals surface area contributed by atoms with E-state index in [2.05, 4.69) is 10.2 Å². The van der Waals surface area contributed by atoms with Gasteiger partial charge >= 0.3 is 0 Å². The van der Waals surface area contributed by atoms with Crippen molar-refractivity contribution < 1.29 is 13.9 Å². The van der Waals surface area contributed by atoms with Crippen molar-refractivity contribution in [2.24, 2.45) is 5.73 Å². The second-order valence-corrected chi connectivity index (χ2v) is 11.9. The van der Waals surface area contributed by atoms with Gasteiger partial charge in [-0.25, -0.2) is 4.98 Å². The summed E-state index contributed by atoms with van der Waals surface area (Å²) >= 11 is 1.61. The normalized spacial score (nSPS) is 16.4. The van der Waals surface area contributed by atoms with Crippen LogP contribution in [0.25, 0.3) is 22.6 Å². The zero-order valence-electron chi connectivity index (χ0n) is 23.9. The molecule has 3 heterocycles. The van der Waals surface area contributed by atoms with Crippen molar-refractivity contribution in [3.05, 3.63) is 106 Å². The Balaban J connectivity index is 1.39. The number of thiazole rings is 1. The molecule has 0 saturated carbocycles. The van der Waals surface area contributed by atoms with Crippen LogP contribution in [0.15, 0.2) is 82.6 Å². The van der Waals surface area contributed by atoms with E-state index >= 15 is 0 Å². The first-order chi connectivity index (χ1) is 20.3. The number of methoxy groups -OCH3 is 1. The monoisotopic (exact) mass is 579 g/mol. The van der Waals surface area contributed by atoms with Crippen LogP contribution in [0.3, 0.4) is 0 Å². The van der Waals surface area contributed by atoms with Crippen LogP contribution in [0.4, 0.5) is 0 Å². The van der Waals surface area contributed by atoms with Gasteiger partial charge in [0.25, 0.3) is 5.91 Å². The molecule has 0 spiro atoms. The minimum absolute atomic E-state index is 0.0412. The van der Waals surface area contributed by atoms with Crippen LogP contribution in [-0.4, -0.2) is 39.6 Å². The topological polar surface area (TPSA) is 107 Å². The quantitative estimate of drug-likeness (QED) is 0.221. The molecule has 6 rings (SSSR count). The molecule has 0 aliphatic carbocycles. The summed E-state index contributed by atoms with van der Waals surface area (Å²) in [4.78, 5) is 20.7. The molecular weight excluding hydrogens is 546 g/mol. The Kier molecular flexibility index (Phi) is 7.62. The molecule has 1 aliphatic rings. The fraction of sp³-hybridized carbons (Fsp3) is 0.273. The minimum atomic E-state index is -0.875. The van der Waals surface area contributed by atoms with E-state index in [0.29, 0.717) is 41.6 Å². The molecule has 1 saturated heterocycles. The number of carbonyl (C=O) groups excluding carboxylic acids is 1. The Morgan fingerprint density at radius 2 is 1.86 bits per heavy atom. The highest BCUT2D eigenvalue weighted by molar-refractivity contribution is 7.09. The lowest BCUT2D eigenvalue weighted by molar-refractivity contribution is 0.0735. The molecular formula is C33H33N5O3S. The third kappa shape index (κ3) is 5.57. The zero-order valence-corrected chi connectivity index (χ0v) is 24.7. The van der Waals surface area contributed by atoms with Crippen LogP contribution in [0, 0.1) is 6.92 Å². The molecule has 9 heteroatoms. The predicted molar refractivity (Wildman–Crippen MR) is 163 cm³/mol. The number of carbonyl (C=O) groups is 1. The summed E-state index contributed by atoms with van der Waals surface area (Å²) in [6.07, 6.45) is 2.35. The highest BCUT2D eigenvalue weighted by Gasteiger charge is 2.33. The first-order valence-corrected chi connectivity index (χ1v) is 14.9. The number of para-hydroxylation sites is 1. The number of likely N-dealkylation sites (tertiary alicyclic amines) is 1. The second kappa shape index (κ2) is 11.5. The van der Waals surface area contributed by atoms with E-state index in [-0.39, 0.29) is 11.9 Å². The summed E-state index contributed by atoms with van der Waals surface area (Å²) in [6, 6.07) is 23.4. The maximum atomic E-state index is 14.1. The summed E-state index contributed by atoms with van der Waals surface area (Å²) in [5, 5.41) is 11.7. The number of nitrogens with zero attached hydrogens (tertiary/aromatic N) is 4. The summed E-state index contributed by atoms with van der Waals surface area (Å²) in [5.74, 6) is 1.27. The number of amides is 1. The summed E-state index contributed by atoms with van der Waals surface area (Å²) in [6.45, 7) is 4.53. The van der Waals surface area contributed by atoms with E-state index in [0.717, 1.165) is 40.2 Å². The molecule has 2 N–H and O–H groups in total. The lowest BCUT2D eigenvalue weighted by Gasteiger charge is -2.24. The van der Waals surface area contributed by atoms with Crippen molar-refractivity contribution >= 4 is 17.2 Å². The number of hydrogen-bond acceptors (Lipinski definition) is 8. The Labute approximate surface area is 249 Å². The molecule has 2 aromatic heterocycles. The van der Waals surface area contributed by atoms with E-state index in [1.54, 1.807) is 18.4 Å². The molecule has 214 valence electrons. The molecule has 2 atom stereocenters. The highest BCUT2D eigenvalue weighted by Crippen LogP contribution is 2.38. The van der Waals surface area contributed by atoms with Crippen molar-refractivity contribution in [1.82, 2.24) is 20.1 Å². The molecule has 1 amide bonds. The SMILES string of the molecule is COc1ccccc1-c1cc(C(=O)N2CCCC2c2nc(C)cs2)cc(-c2nnc(C(C)(N)Cc3ccccc3)o2)c1. The zero-order chi connectivity index (χ0) is 29.3. The fourth-order valence-corrected chi connectivity index (χ4v) is 6.48. The lowest BCUT2D eigenvalue weighted by Crippen LogP contribution is -2.35. The van der Waals surface area contributed by atoms with Crippen molar-refractivity contribution in [3.63, 3.8) is 0 Å². The molecule has 1 aliphatic heterocycles. The third-order valence-electron chi connectivity index (χ3n) is 7.61. The van der Waals surface area contributed by atoms with Crippen LogP contribution in [0.5, 0.6) is 5.75 Å². The molecule has 5 aromatic rings. The third-order valence-corrected chi connectivity index (χ3v) is 8.67. The van der Waals surface area contributed by atoms with Crippen LogP contribution in [0.1, 0.15) is 58.3 Å². The second-order valence-electron chi connectivity index (χ2n) is 11.0. The fourth-order valence-electron chi connectivity index (χ4n) is 5.54. The van der Waals surface area contributed by atoms with Gasteiger partial charge in [-0.3, -0.25) is 4.79 Å². The van der Waals surface area contributed by atoms with Gasteiger partial charge in [-0.15, -0.1) is 21.5 Å². The maximum Gasteiger partial charge on any atom is 0.254 e. The molecule has 0 radical (unpaired) electrons. The number of benzene rings is 3. The molecule has 0 bridgehead atoms. The van der Waals surface area contributed by atoms with E-state index in [4.69, 9.17) is 19.9 Å². The van der Waals surface area contributed by atoms with Crippen molar-refractivity contribution in [2.75, 3.05) is 13.7 Å². The Bertz CT molecular complexity index is 1710. The van der Waals surface area contributed by atoms with Crippen LogP contribution >= 0.6 is 11.3 Å². The highest BCUT2D eigenvalue weighted by atomic mass is 32.1. The molecule has 42 heavy (non-hydrogen) atoms. The molecule has 2 unspecified atom stereocenters. The van der Waals surface area contributed by atoms with Gasteiger partial charge in [0.15, 0.2) is 0 Å². The van der Waals surface area contributed by atoms with Crippen molar-refractivity contribution in [3.8, 4) is 28.3 Å². The van der Waals surface area contributed by atoms with E-state index in [9.17, 15) is 4.79 Å². The van der Waals surface area contributed by atoms with Crippen molar-refractivity contribution in [2.45, 2.75) is 44.7 Å². The average molecular weight is 580 g/mol. The number of hydrogen-bond donors (Lipinski definition) is 1.